The van der Waals surface area contributed by atoms with Gasteiger partial charge in [0.25, 0.3) is 0 Å². The Morgan fingerprint density at radius 1 is 1.35 bits per heavy atom. The molecule has 0 saturated heterocycles. The Kier molecular flexibility index (Phi) is 8.13. The Hall–Kier alpha value is -1.30. The second-order valence-corrected chi connectivity index (χ2v) is 3.81. The van der Waals surface area contributed by atoms with Crippen LogP contribution in [0.4, 0.5) is 4.79 Å². The minimum absolute atomic E-state index is 0.0202. The first-order valence-corrected chi connectivity index (χ1v) is 5.96. The lowest BCUT2D eigenvalue weighted by Gasteiger charge is -2.21. The van der Waals surface area contributed by atoms with Gasteiger partial charge in [-0.2, -0.15) is 0 Å². The number of hydrogen-bond acceptors (Lipinski definition) is 3. The van der Waals surface area contributed by atoms with E-state index in [4.69, 9.17) is 10.2 Å². The molecule has 0 aromatic carbocycles. The Morgan fingerprint density at radius 3 is 2.47 bits per heavy atom. The number of unbranched alkanes of at least 4 members (excludes halogenated alkanes) is 1. The van der Waals surface area contributed by atoms with Gasteiger partial charge in [-0.15, -0.1) is 0 Å². The number of aliphatic hydroxyl groups is 1. The molecule has 0 rings (SSSR count). The highest BCUT2D eigenvalue weighted by molar-refractivity contribution is 5.74. The summed E-state index contributed by atoms with van der Waals surface area (Å²) in [5.41, 5.74) is 0. The fourth-order valence-corrected chi connectivity index (χ4v) is 1.30. The zero-order valence-corrected chi connectivity index (χ0v) is 10.5. The van der Waals surface area contributed by atoms with Gasteiger partial charge in [0.05, 0.1) is 0 Å². The van der Waals surface area contributed by atoms with Crippen molar-refractivity contribution >= 4 is 12.0 Å². The van der Waals surface area contributed by atoms with E-state index in [2.05, 4.69) is 12.2 Å². The molecule has 0 saturated carbocycles. The van der Waals surface area contributed by atoms with Gasteiger partial charge in [0, 0.05) is 26.1 Å². The van der Waals surface area contributed by atoms with Crippen LogP contribution in [0.2, 0.25) is 0 Å². The van der Waals surface area contributed by atoms with Gasteiger partial charge in [0.2, 0.25) is 0 Å². The monoisotopic (exact) mass is 246 g/mol. The van der Waals surface area contributed by atoms with Crippen LogP contribution in [0.15, 0.2) is 0 Å². The van der Waals surface area contributed by atoms with E-state index in [-0.39, 0.29) is 19.0 Å². The molecule has 6 nitrogen and oxygen atoms in total. The van der Waals surface area contributed by atoms with Gasteiger partial charge >= 0.3 is 12.0 Å². The van der Waals surface area contributed by atoms with Crippen molar-refractivity contribution in [1.82, 2.24) is 10.2 Å². The number of carbonyl (C=O) groups excluding carboxylic acids is 1. The predicted octanol–water partition coefficient (Wildman–Crippen LogP) is 0.654. The van der Waals surface area contributed by atoms with Gasteiger partial charge in [-0.1, -0.05) is 13.3 Å². The second kappa shape index (κ2) is 8.81. The van der Waals surface area contributed by atoms with Crippen LogP contribution in [0, 0.1) is 0 Å². The molecule has 6 heteroatoms. The Labute approximate surface area is 102 Å². The normalized spacial score (nSPS) is 11.9. The quantitative estimate of drug-likeness (QED) is 0.586. The van der Waals surface area contributed by atoms with E-state index >= 15 is 0 Å². The standard InChI is InChI=1S/C11H22N2O4/c1-3-5-8-13(4-2)11(17)12-7-6-9(14)10(15)16/h9,14H,3-8H2,1-2H3,(H,12,17)(H,15,16). The Balaban J connectivity index is 3.86. The van der Waals surface area contributed by atoms with E-state index < -0.39 is 12.1 Å². The van der Waals surface area contributed by atoms with E-state index in [9.17, 15) is 9.59 Å². The van der Waals surface area contributed by atoms with Crippen LogP contribution in [0.1, 0.15) is 33.1 Å². The van der Waals surface area contributed by atoms with Crippen molar-refractivity contribution in [1.29, 1.82) is 0 Å². The molecule has 3 N–H and O–H groups in total. The molecule has 0 bridgehead atoms. The number of nitrogens with one attached hydrogen (secondary N) is 1. The number of rotatable bonds is 8. The lowest BCUT2D eigenvalue weighted by atomic mass is 10.2. The van der Waals surface area contributed by atoms with Gasteiger partial charge in [0.1, 0.15) is 0 Å². The molecule has 0 aliphatic carbocycles. The highest BCUT2D eigenvalue weighted by atomic mass is 16.4. The second-order valence-electron chi connectivity index (χ2n) is 3.81. The highest BCUT2D eigenvalue weighted by Crippen LogP contribution is 1.96. The van der Waals surface area contributed by atoms with Crippen LogP contribution in [0.5, 0.6) is 0 Å². The summed E-state index contributed by atoms with van der Waals surface area (Å²) in [6, 6.07) is -0.210. The van der Waals surface area contributed by atoms with Crippen LogP contribution in [-0.2, 0) is 4.79 Å². The highest BCUT2D eigenvalue weighted by Gasteiger charge is 2.14. The van der Waals surface area contributed by atoms with Crippen molar-refractivity contribution in [2.75, 3.05) is 19.6 Å². The number of urea groups is 1. The van der Waals surface area contributed by atoms with Crippen molar-refractivity contribution in [2.45, 2.75) is 39.2 Å². The summed E-state index contributed by atoms with van der Waals surface area (Å²) in [5.74, 6) is -1.27. The third kappa shape index (κ3) is 6.78. The molecule has 0 aromatic heterocycles. The summed E-state index contributed by atoms with van der Waals surface area (Å²) in [5, 5.41) is 20.0. The molecule has 0 aliphatic heterocycles. The molecule has 100 valence electrons. The first kappa shape index (κ1) is 15.7. The van der Waals surface area contributed by atoms with Gasteiger partial charge in [-0.25, -0.2) is 9.59 Å². The van der Waals surface area contributed by atoms with Gasteiger partial charge in [-0.05, 0) is 13.3 Å². The number of nitrogens with zero attached hydrogens (tertiary/aromatic N) is 1. The minimum Gasteiger partial charge on any atom is -0.479 e. The van der Waals surface area contributed by atoms with E-state index in [0.29, 0.717) is 13.1 Å². The number of aliphatic hydroxyl groups excluding tert-OH is 1. The van der Waals surface area contributed by atoms with Crippen LogP contribution in [0.25, 0.3) is 0 Å². The fourth-order valence-electron chi connectivity index (χ4n) is 1.30. The summed E-state index contributed by atoms with van der Waals surface area (Å²) in [4.78, 5) is 23.6. The summed E-state index contributed by atoms with van der Waals surface area (Å²) in [6.45, 7) is 5.42. The molecule has 1 unspecified atom stereocenters. The van der Waals surface area contributed by atoms with E-state index in [0.717, 1.165) is 12.8 Å². The third-order valence-corrected chi connectivity index (χ3v) is 2.43. The molecule has 17 heavy (non-hydrogen) atoms. The maximum Gasteiger partial charge on any atom is 0.332 e. The SMILES string of the molecule is CCCCN(CC)C(=O)NCCC(O)C(=O)O. The largest absolute Gasteiger partial charge is 0.479 e. The van der Waals surface area contributed by atoms with E-state index in [1.165, 1.54) is 0 Å². The Bertz CT molecular complexity index is 246. The van der Waals surface area contributed by atoms with E-state index in [1.54, 1.807) is 4.90 Å². The molecule has 0 radical (unpaired) electrons. The molecule has 0 aliphatic rings. The van der Waals surface area contributed by atoms with Crippen molar-refractivity contribution < 1.29 is 19.8 Å². The van der Waals surface area contributed by atoms with E-state index in [1.807, 2.05) is 6.92 Å². The lowest BCUT2D eigenvalue weighted by molar-refractivity contribution is -0.146. The number of carboxylic acids is 1. The maximum atomic E-state index is 11.6. The number of amides is 2. The van der Waals surface area contributed by atoms with Crippen molar-refractivity contribution in [3.8, 4) is 0 Å². The summed E-state index contributed by atoms with van der Waals surface area (Å²) >= 11 is 0. The first-order valence-electron chi connectivity index (χ1n) is 5.96. The average molecular weight is 246 g/mol. The molecular weight excluding hydrogens is 224 g/mol. The van der Waals surface area contributed by atoms with Crippen LogP contribution < -0.4 is 5.32 Å². The number of carbonyl (C=O) groups is 2. The van der Waals surface area contributed by atoms with Crippen LogP contribution >= 0.6 is 0 Å². The molecular formula is C11H22N2O4. The van der Waals surface area contributed by atoms with Crippen LogP contribution in [-0.4, -0.2) is 52.9 Å². The maximum absolute atomic E-state index is 11.6. The van der Waals surface area contributed by atoms with Crippen molar-refractivity contribution in [3.63, 3.8) is 0 Å². The third-order valence-electron chi connectivity index (χ3n) is 2.43. The summed E-state index contributed by atoms with van der Waals surface area (Å²) in [6.07, 6.45) is 0.563. The fraction of sp³-hybridized carbons (Fsp3) is 0.818. The van der Waals surface area contributed by atoms with Crippen molar-refractivity contribution in [2.24, 2.45) is 0 Å². The number of carboxylic acid groups (broad SMARTS) is 1. The van der Waals surface area contributed by atoms with Gasteiger partial charge < -0.3 is 20.4 Å². The average Bonchev–Trinajstić information content (AvgIpc) is 2.29. The lowest BCUT2D eigenvalue weighted by Crippen LogP contribution is -2.41. The summed E-state index contributed by atoms with van der Waals surface area (Å²) in [7, 11) is 0. The van der Waals surface area contributed by atoms with Gasteiger partial charge in [0.15, 0.2) is 6.10 Å². The minimum atomic E-state index is -1.42. The predicted molar refractivity (Wildman–Crippen MR) is 63.8 cm³/mol. The molecule has 2 amide bonds. The zero-order valence-electron chi connectivity index (χ0n) is 10.5. The Morgan fingerprint density at radius 2 is 2.00 bits per heavy atom. The van der Waals surface area contributed by atoms with Gasteiger partial charge in [-0.3, -0.25) is 0 Å². The molecule has 1 atom stereocenters. The molecule has 0 fully saturated rings. The molecule has 0 aromatic rings. The smallest absolute Gasteiger partial charge is 0.332 e. The van der Waals surface area contributed by atoms with Crippen molar-refractivity contribution in [3.05, 3.63) is 0 Å². The number of aliphatic carboxylic acids is 1. The zero-order chi connectivity index (χ0) is 13.3. The topological polar surface area (TPSA) is 89.9 Å². The van der Waals surface area contributed by atoms with Crippen LogP contribution in [0.3, 0.4) is 0 Å². The number of hydrogen-bond donors (Lipinski definition) is 3. The first-order chi connectivity index (χ1) is 8.02. The molecule has 0 spiro atoms. The molecule has 0 heterocycles. The summed E-state index contributed by atoms with van der Waals surface area (Å²) < 4.78 is 0.